The van der Waals surface area contributed by atoms with Crippen LogP contribution in [0.2, 0.25) is 0 Å². The molecule has 0 aliphatic carbocycles. The molecule has 6 heteroatoms. The lowest BCUT2D eigenvalue weighted by molar-refractivity contribution is -0.119. The number of hydrogen-bond acceptors (Lipinski definition) is 3. The minimum absolute atomic E-state index is 0.0249. The monoisotopic (exact) mass is 374 g/mol. The number of carbonyl (C=O) groups excluding carboxylic acids is 2. The van der Waals surface area contributed by atoms with Crippen LogP contribution in [0.4, 0.5) is 0 Å². The van der Waals surface area contributed by atoms with E-state index in [1.165, 1.54) is 0 Å². The van der Waals surface area contributed by atoms with Crippen LogP contribution in [-0.4, -0.2) is 58.5 Å². The van der Waals surface area contributed by atoms with E-state index in [9.17, 15) is 9.59 Å². The lowest BCUT2D eigenvalue weighted by atomic mass is 10.0. The second-order valence-electron chi connectivity index (χ2n) is 7.00. The van der Waals surface area contributed by atoms with Crippen LogP contribution in [0.15, 0.2) is 42.5 Å². The first-order valence-corrected chi connectivity index (χ1v) is 9.36. The van der Waals surface area contributed by atoms with E-state index in [2.05, 4.69) is 10.2 Å². The molecule has 4 rings (SSSR count). The smallest absolute Gasteiger partial charge is 0.254 e. The lowest BCUT2D eigenvalue weighted by Gasteiger charge is -2.32. The number of benzene rings is 2. The number of aryl methyl sites for hydroxylation is 1. The number of aromatic amines is 1. The van der Waals surface area contributed by atoms with Gasteiger partial charge in [0.1, 0.15) is 0 Å². The molecule has 2 amide bonds. The number of para-hydroxylation sites is 1. The first kappa shape index (κ1) is 18.0. The first-order chi connectivity index (χ1) is 13.7. The Balaban J connectivity index is 1.50. The van der Waals surface area contributed by atoms with Crippen LogP contribution in [0.1, 0.15) is 27.2 Å². The summed E-state index contributed by atoms with van der Waals surface area (Å²) in [6, 6.07) is 13.9. The van der Waals surface area contributed by atoms with Gasteiger partial charge in [-0.15, -0.1) is 0 Å². The van der Waals surface area contributed by atoms with Crippen LogP contribution in [0.5, 0.6) is 0 Å². The van der Waals surface area contributed by atoms with Crippen molar-refractivity contribution in [2.75, 3.05) is 26.2 Å². The van der Waals surface area contributed by atoms with Crippen LogP contribution in [-0.2, 0) is 4.79 Å². The number of rotatable bonds is 4. The number of fused-ring (bicyclic) bond motifs is 1. The summed E-state index contributed by atoms with van der Waals surface area (Å²) in [6.45, 7) is 4.28. The Morgan fingerprint density at radius 2 is 1.86 bits per heavy atom. The predicted octanol–water partition coefficient (Wildman–Crippen LogP) is 2.96. The molecule has 28 heavy (non-hydrogen) atoms. The van der Waals surface area contributed by atoms with Crippen molar-refractivity contribution in [3.05, 3.63) is 64.8 Å². The molecule has 0 unspecified atom stereocenters. The summed E-state index contributed by atoms with van der Waals surface area (Å²) in [6.07, 6.45) is 4.83. The topological polar surface area (TPSA) is 69.3 Å². The van der Waals surface area contributed by atoms with Crippen molar-refractivity contribution in [1.82, 2.24) is 20.0 Å². The average molecular weight is 374 g/mol. The molecular formula is C22H22N4O2. The van der Waals surface area contributed by atoms with Gasteiger partial charge in [0, 0.05) is 37.1 Å². The molecule has 2 aromatic carbocycles. The number of H-pyrrole nitrogens is 1. The third-order valence-electron chi connectivity index (χ3n) is 5.16. The molecule has 1 saturated heterocycles. The maximum atomic E-state index is 12.8. The average Bonchev–Trinajstić information content (AvgIpc) is 3.15. The third kappa shape index (κ3) is 3.53. The summed E-state index contributed by atoms with van der Waals surface area (Å²) in [4.78, 5) is 27.1. The molecule has 1 aliphatic rings. The highest BCUT2D eigenvalue weighted by Crippen LogP contribution is 2.19. The van der Waals surface area contributed by atoms with Gasteiger partial charge in [0.15, 0.2) is 0 Å². The molecule has 2 heterocycles. The van der Waals surface area contributed by atoms with Gasteiger partial charge in [0.25, 0.3) is 5.91 Å². The number of hydrogen-bond donors (Lipinski definition) is 1. The van der Waals surface area contributed by atoms with E-state index in [4.69, 9.17) is 0 Å². The Hall–Kier alpha value is -3.41. The Morgan fingerprint density at radius 1 is 1.07 bits per heavy atom. The minimum atomic E-state index is 0.0249. The number of amides is 2. The molecule has 1 aliphatic heterocycles. The zero-order valence-electron chi connectivity index (χ0n) is 15.8. The summed E-state index contributed by atoms with van der Waals surface area (Å²) in [7, 11) is 0. The molecule has 0 radical (unpaired) electrons. The van der Waals surface area contributed by atoms with Crippen LogP contribution >= 0.6 is 0 Å². The molecule has 0 atom stereocenters. The number of aromatic nitrogens is 2. The fourth-order valence-electron chi connectivity index (χ4n) is 3.52. The van der Waals surface area contributed by atoms with E-state index in [1.807, 2.05) is 66.4 Å². The van der Waals surface area contributed by atoms with Gasteiger partial charge in [0.2, 0.25) is 6.41 Å². The van der Waals surface area contributed by atoms with E-state index in [0.29, 0.717) is 31.7 Å². The standard InChI is InChI=1S/C22H22N4O2/c1-16-14-17(7-9-21-19-4-2-3-5-20(19)23-24-21)6-8-18(16)22(28)26-12-10-25(15-27)11-13-26/h2-9,14-15H,10-13H2,1H3,(H,23,24)/b9-7+. The number of carbonyl (C=O) groups is 2. The van der Waals surface area contributed by atoms with Crippen LogP contribution in [0.3, 0.4) is 0 Å². The summed E-state index contributed by atoms with van der Waals surface area (Å²) in [5.41, 5.74) is 4.57. The van der Waals surface area contributed by atoms with Gasteiger partial charge < -0.3 is 9.80 Å². The van der Waals surface area contributed by atoms with Crippen molar-refractivity contribution in [2.24, 2.45) is 0 Å². The Kier molecular flexibility index (Phi) is 4.93. The van der Waals surface area contributed by atoms with Crippen LogP contribution < -0.4 is 0 Å². The summed E-state index contributed by atoms with van der Waals surface area (Å²) in [5.74, 6) is 0.0249. The predicted molar refractivity (Wildman–Crippen MR) is 110 cm³/mol. The summed E-state index contributed by atoms with van der Waals surface area (Å²) in [5, 5.41) is 8.46. The SMILES string of the molecule is Cc1cc(/C=C/c2n[nH]c3ccccc23)ccc1C(=O)N1CCN(C=O)CC1. The van der Waals surface area contributed by atoms with Crippen molar-refractivity contribution in [3.8, 4) is 0 Å². The summed E-state index contributed by atoms with van der Waals surface area (Å²) < 4.78 is 0. The van der Waals surface area contributed by atoms with Gasteiger partial charge in [-0.25, -0.2) is 0 Å². The number of nitrogens with zero attached hydrogens (tertiary/aromatic N) is 3. The van der Waals surface area contributed by atoms with Crippen molar-refractivity contribution < 1.29 is 9.59 Å². The molecule has 1 fully saturated rings. The van der Waals surface area contributed by atoms with Crippen molar-refractivity contribution in [3.63, 3.8) is 0 Å². The zero-order chi connectivity index (χ0) is 19.5. The van der Waals surface area contributed by atoms with Gasteiger partial charge in [-0.2, -0.15) is 5.10 Å². The Morgan fingerprint density at radius 3 is 2.61 bits per heavy atom. The second kappa shape index (κ2) is 7.68. The first-order valence-electron chi connectivity index (χ1n) is 9.36. The molecule has 6 nitrogen and oxygen atoms in total. The molecule has 3 aromatic rings. The molecular weight excluding hydrogens is 352 g/mol. The fraction of sp³-hybridized carbons (Fsp3) is 0.227. The Bertz CT molecular complexity index is 1050. The number of piperazine rings is 1. The van der Waals surface area contributed by atoms with Crippen LogP contribution in [0, 0.1) is 6.92 Å². The zero-order valence-corrected chi connectivity index (χ0v) is 15.8. The highest BCUT2D eigenvalue weighted by atomic mass is 16.2. The molecule has 142 valence electrons. The minimum Gasteiger partial charge on any atom is -0.342 e. The van der Waals surface area contributed by atoms with Gasteiger partial charge in [-0.05, 0) is 36.3 Å². The normalized spacial score (nSPS) is 14.8. The third-order valence-corrected chi connectivity index (χ3v) is 5.16. The highest BCUT2D eigenvalue weighted by Gasteiger charge is 2.22. The summed E-state index contributed by atoms with van der Waals surface area (Å²) >= 11 is 0. The molecule has 1 N–H and O–H groups in total. The van der Waals surface area contributed by atoms with E-state index in [0.717, 1.165) is 34.1 Å². The van der Waals surface area contributed by atoms with Gasteiger partial charge >= 0.3 is 0 Å². The van der Waals surface area contributed by atoms with E-state index < -0.39 is 0 Å². The molecule has 0 bridgehead atoms. The lowest BCUT2D eigenvalue weighted by Crippen LogP contribution is -2.48. The molecule has 1 aromatic heterocycles. The number of nitrogens with one attached hydrogen (secondary N) is 1. The second-order valence-corrected chi connectivity index (χ2v) is 7.00. The highest BCUT2D eigenvalue weighted by molar-refractivity contribution is 5.96. The quantitative estimate of drug-likeness (QED) is 0.714. The largest absolute Gasteiger partial charge is 0.342 e. The fourth-order valence-corrected chi connectivity index (χ4v) is 3.52. The molecule has 0 saturated carbocycles. The van der Waals surface area contributed by atoms with Crippen molar-refractivity contribution >= 4 is 35.4 Å². The van der Waals surface area contributed by atoms with Crippen molar-refractivity contribution in [2.45, 2.75) is 6.92 Å². The Labute approximate surface area is 163 Å². The van der Waals surface area contributed by atoms with Crippen molar-refractivity contribution in [1.29, 1.82) is 0 Å². The maximum absolute atomic E-state index is 12.8. The van der Waals surface area contributed by atoms with Crippen LogP contribution in [0.25, 0.3) is 23.1 Å². The maximum Gasteiger partial charge on any atom is 0.254 e. The van der Waals surface area contributed by atoms with E-state index >= 15 is 0 Å². The van der Waals surface area contributed by atoms with Gasteiger partial charge in [-0.3, -0.25) is 14.7 Å². The van der Waals surface area contributed by atoms with E-state index in [1.54, 1.807) is 4.90 Å². The molecule has 0 spiro atoms. The van der Waals surface area contributed by atoms with Gasteiger partial charge in [0.05, 0.1) is 11.2 Å². The van der Waals surface area contributed by atoms with Gasteiger partial charge in [-0.1, -0.05) is 36.4 Å². The van der Waals surface area contributed by atoms with E-state index in [-0.39, 0.29) is 5.91 Å².